The van der Waals surface area contributed by atoms with Crippen molar-refractivity contribution in [2.75, 3.05) is 33.4 Å². The predicted octanol–water partition coefficient (Wildman–Crippen LogP) is 2.06. The lowest BCUT2D eigenvalue weighted by Gasteiger charge is -2.11. The molecule has 1 N–H and O–H groups in total. The molecule has 0 unspecified atom stereocenters. The first-order valence-corrected chi connectivity index (χ1v) is 6.22. The average molecular weight is 224 g/mol. The number of hydrogen-bond donors (Lipinski definition) is 1. The summed E-state index contributed by atoms with van der Waals surface area (Å²) < 4.78 is 0. The summed E-state index contributed by atoms with van der Waals surface area (Å²) in [5.74, 6) is 1.15. The molecule has 0 aliphatic rings. The van der Waals surface area contributed by atoms with Gasteiger partial charge in [-0.2, -0.15) is 0 Å². The van der Waals surface area contributed by atoms with E-state index in [4.69, 9.17) is 0 Å². The van der Waals surface area contributed by atoms with E-state index in [1.165, 1.54) is 10.5 Å². The first kappa shape index (κ1) is 12.6. The molecule has 0 aliphatic carbocycles. The molecule has 2 nitrogen and oxygen atoms in total. The van der Waals surface area contributed by atoms with E-state index in [-0.39, 0.29) is 0 Å². The summed E-state index contributed by atoms with van der Waals surface area (Å²) in [5, 5.41) is 3.20. The number of rotatable bonds is 6. The van der Waals surface area contributed by atoms with Gasteiger partial charge in [-0.3, -0.25) is 0 Å². The second kappa shape index (κ2) is 6.88. The normalized spacial score (nSPS) is 10.9. The maximum absolute atomic E-state index is 3.20. The van der Waals surface area contributed by atoms with Gasteiger partial charge in [0, 0.05) is 23.7 Å². The molecule has 1 rings (SSSR count). The van der Waals surface area contributed by atoms with Crippen LogP contribution in [0.25, 0.3) is 0 Å². The van der Waals surface area contributed by atoms with Crippen molar-refractivity contribution >= 4 is 11.8 Å². The quantitative estimate of drug-likeness (QED) is 0.745. The lowest BCUT2D eigenvalue weighted by molar-refractivity contribution is 0.437. The second-order valence-electron chi connectivity index (χ2n) is 3.79. The van der Waals surface area contributed by atoms with Crippen LogP contribution in [0.4, 0.5) is 0 Å². The minimum absolute atomic E-state index is 0.950. The van der Waals surface area contributed by atoms with Crippen molar-refractivity contribution in [3.8, 4) is 0 Å². The minimum Gasteiger partial charge on any atom is -0.316 e. The Balaban J connectivity index is 2.51. The minimum atomic E-state index is 0.950. The van der Waals surface area contributed by atoms with Crippen molar-refractivity contribution < 1.29 is 0 Å². The molecule has 0 saturated carbocycles. The Kier molecular flexibility index (Phi) is 5.76. The molecular formula is C12H20N2S. The van der Waals surface area contributed by atoms with Crippen LogP contribution in [0, 0.1) is 0 Å². The summed E-state index contributed by atoms with van der Waals surface area (Å²) in [7, 11) is 6.21. The van der Waals surface area contributed by atoms with E-state index in [1.807, 2.05) is 18.8 Å². The Bertz CT molecular complexity index is 287. The largest absolute Gasteiger partial charge is 0.316 e. The molecule has 1 aromatic carbocycles. The van der Waals surface area contributed by atoms with Gasteiger partial charge in [0.2, 0.25) is 0 Å². The molecule has 0 aliphatic heterocycles. The fraction of sp³-hybridized carbons (Fsp3) is 0.500. The Morgan fingerprint density at radius 2 is 2.00 bits per heavy atom. The molecule has 3 heteroatoms. The van der Waals surface area contributed by atoms with Crippen LogP contribution < -0.4 is 5.32 Å². The highest BCUT2D eigenvalue weighted by Crippen LogP contribution is 2.22. The number of benzene rings is 1. The zero-order valence-electron chi connectivity index (χ0n) is 9.79. The summed E-state index contributed by atoms with van der Waals surface area (Å²) in [6.07, 6.45) is 0. The van der Waals surface area contributed by atoms with Gasteiger partial charge in [0.1, 0.15) is 0 Å². The van der Waals surface area contributed by atoms with Gasteiger partial charge in [-0.05, 0) is 32.8 Å². The Hall–Kier alpha value is -0.510. The Morgan fingerprint density at radius 3 is 2.67 bits per heavy atom. The van der Waals surface area contributed by atoms with Crippen LogP contribution in [0.15, 0.2) is 29.2 Å². The lowest BCUT2D eigenvalue weighted by Crippen LogP contribution is -2.15. The number of thioether (sulfide) groups is 1. The molecule has 0 aromatic heterocycles. The van der Waals surface area contributed by atoms with Gasteiger partial charge in [0.25, 0.3) is 0 Å². The fourth-order valence-corrected chi connectivity index (χ4v) is 2.50. The third-order valence-corrected chi connectivity index (χ3v) is 3.23. The molecule has 15 heavy (non-hydrogen) atoms. The van der Waals surface area contributed by atoms with Crippen LogP contribution in [0.5, 0.6) is 0 Å². The third-order valence-electron chi connectivity index (χ3n) is 2.14. The van der Waals surface area contributed by atoms with E-state index < -0.39 is 0 Å². The number of hydrogen-bond acceptors (Lipinski definition) is 3. The Labute approximate surface area is 97.1 Å². The zero-order chi connectivity index (χ0) is 11.1. The number of nitrogens with zero attached hydrogens (tertiary/aromatic N) is 1. The van der Waals surface area contributed by atoms with Gasteiger partial charge in [-0.15, -0.1) is 11.8 Å². The summed E-state index contributed by atoms with van der Waals surface area (Å²) in [6.45, 7) is 2.07. The fourth-order valence-electron chi connectivity index (χ4n) is 1.32. The standard InChI is InChI=1S/C12H20N2S/c1-13-10-11-6-4-5-7-12(11)15-9-8-14(2)3/h4-7,13H,8-10H2,1-3H3. The van der Waals surface area contributed by atoms with Gasteiger partial charge in [0.15, 0.2) is 0 Å². The van der Waals surface area contributed by atoms with Crippen molar-refractivity contribution in [2.45, 2.75) is 11.4 Å². The molecule has 0 heterocycles. The molecule has 0 spiro atoms. The average Bonchev–Trinajstić information content (AvgIpc) is 2.20. The third kappa shape index (κ3) is 4.69. The summed E-state index contributed by atoms with van der Waals surface area (Å²) in [5.41, 5.74) is 1.39. The van der Waals surface area contributed by atoms with E-state index >= 15 is 0 Å². The number of nitrogens with one attached hydrogen (secondary N) is 1. The van der Waals surface area contributed by atoms with Crippen molar-refractivity contribution in [1.82, 2.24) is 10.2 Å². The molecular weight excluding hydrogens is 204 g/mol. The molecule has 1 aromatic rings. The first-order chi connectivity index (χ1) is 7.24. The molecule has 0 bridgehead atoms. The van der Waals surface area contributed by atoms with Crippen LogP contribution in [-0.2, 0) is 6.54 Å². The highest BCUT2D eigenvalue weighted by atomic mass is 32.2. The van der Waals surface area contributed by atoms with Crippen molar-refractivity contribution in [1.29, 1.82) is 0 Å². The second-order valence-corrected chi connectivity index (χ2v) is 4.93. The van der Waals surface area contributed by atoms with Gasteiger partial charge in [-0.25, -0.2) is 0 Å². The topological polar surface area (TPSA) is 15.3 Å². The Morgan fingerprint density at radius 1 is 1.27 bits per heavy atom. The van der Waals surface area contributed by atoms with Gasteiger partial charge in [-0.1, -0.05) is 18.2 Å². The van der Waals surface area contributed by atoms with E-state index in [0.717, 1.165) is 18.8 Å². The van der Waals surface area contributed by atoms with Crippen molar-refractivity contribution in [3.05, 3.63) is 29.8 Å². The van der Waals surface area contributed by atoms with E-state index in [0.29, 0.717) is 0 Å². The van der Waals surface area contributed by atoms with E-state index in [9.17, 15) is 0 Å². The highest BCUT2D eigenvalue weighted by molar-refractivity contribution is 7.99. The van der Waals surface area contributed by atoms with Crippen molar-refractivity contribution in [3.63, 3.8) is 0 Å². The van der Waals surface area contributed by atoms with Gasteiger partial charge >= 0.3 is 0 Å². The van der Waals surface area contributed by atoms with Crippen LogP contribution in [0.1, 0.15) is 5.56 Å². The first-order valence-electron chi connectivity index (χ1n) is 5.24. The molecule has 0 radical (unpaired) electrons. The molecule has 0 amide bonds. The van der Waals surface area contributed by atoms with E-state index in [1.54, 1.807) is 0 Å². The van der Waals surface area contributed by atoms with E-state index in [2.05, 4.69) is 48.6 Å². The van der Waals surface area contributed by atoms with Crippen LogP contribution in [-0.4, -0.2) is 38.3 Å². The molecule has 0 atom stereocenters. The summed E-state index contributed by atoms with van der Waals surface area (Å²) in [4.78, 5) is 3.61. The van der Waals surface area contributed by atoms with Crippen molar-refractivity contribution in [2.24, 2.45) is 0 Å². The zero-order valence-corrected chi connectivity index (χ0v) is 10.6. The smallest absolute Gasteiger partial charge is 0.0213 e. The lowest BCUT2D eigenvalue weighted by atomic mass is 10.2. The van der Waals surface area contributed by atoms with Crippen LogP contribution in [0.3, 0.4) is 0 Å². The molecule has 0 saturated heterocycles. The summed E-state index contributed by atoms with van der Waals surface area (Å²) >= 11 is 1.93. The highest BCUT2D eigenvalue weighted by Gasteiger charge is 2.01. The maximum atomic E-state index is 3.20. The summed E-state index contributed by atoms with van der Waals surface area (Å²) in [6, 6.07) is 8.60. The molecule has 0 fully saturated rings. The van der Waals surface area contributed by atoms with Gasteiger partial charge < -0.3 is 10.2 Å². The van der Waals surface area contributed by atoms with Crippen LogP contribution >= 0.6 is 11.8 Å². The molecule has 84 valence electrons. The maximum Gasteiger partial charge on any atom is 0.0213 e. The predicted molar refractivity (Wildman–Crippen MR) is 68.5 cm³/mol. The van der Waals surface area contributed by atoms with Gasteiger partial charge in [0.05, 0.1) is 0 Å². The monoisotopic (exact) mass is 224 g/mol. The van der Waals surface area contributed by atoms with Crippen LogP contribution in [0.2, 0.25) is 0 Å². The SMILES string of the molecule is CNCc1ccccc1SCCN(C)C.